The van der Waals surface area contributed by atoms with Gasteiger partial charge in [0, 0.05) is 12.4 Å². The van der Waals surface area contributed by atoms with Crippen LogP contribution >= 0.6 is 11.6 Å². The Bertz CT molecular complexity index is 435. The van der Waals surface area contributed by atoms with Crippen LogP contribution in [-0.4, -0.2) is 24.5 Å². The predicted octanol–water partition coefficient (Wildman–Crippen LogP) is 5.21. The zero-order valence-electron chi connectivity index (χ0n) is 13.9. The van der Waals surface area contributed by atoms with Crippen molar-refractivity contribution in [3.63, 3.8) is 0 Å². The first-order valence-electron chi connectivity index (χ1n) is 8.50. The van der Waals surface area contributed by atoms with Crippen molar-refractivity contribution in [2.45, 2.75) is 58.3 Å². The summed E-state index contributed by atoms with van der Waals surface area (Å²) in [6.07, 6.45) is 5.37. The normalized spacial score (nSPS) is 18.1. The van der Waals surface area contributed by atoms with Gasteiger partial charge in [0.2, 0.25) is 0 Å². The van der Waals surface area contributed by atoms with Gasteiger partial charge in [-0.25, -0.2) is 0 Å². The number of likely N-dealkylation sites (tertiary alicyclic amines) is 1. The molecule has 118 valence electrons. The van der Waals surface area contributed by atoms with E-state index < -0.39 is 0 Å². The highest BCUT2D eigenvalue weighted by molar-refractivity contribution is 6.17. The quantitative estimate of drug-likeness (QED) is 0.652. The Morgan fingerprint density at radius 2 is 1.81 bits per heavy atom. The highest BCUT2D eigenvalue weighted by Crippen LogP contribution is 2.25. The summed E-state index contributed by atoms with van der Waals surface area (Å²) in [6, 6.07) is 6.81. The fraction of sp³-hybridized carbons (Fsp3) is 0.684. The summed E-state index contributed by atoms with van der Waals surface area (Å²) in [5, 5.41) is 0. The number of alkyl halides is 1. The Kier molecular flexibility index (Phi) is 6.57. The smallest absolute Gasteiger partial charge is 0.0474 e. The van der Waals surface area contributed by atoms with Gasteiger partial charge in [-0.15, -0.1) is 11.6 Å². The van der Waals surface area contributed by atoms with Crippen molar-refractivity contribution in [1.82, 2.24) is 4.90 Å². The minimum absolute atomic E-state index is 0.574. The molecule has 1 fully saturated rings. The third kappa shape index (κ3) is 5.00. The second-order valence-electron chi connectivity index (χ2n) is 6.99. The molecule has 1 saturated heterocycles. The van der Waals surface area contributed by atoms with Gasteiger partial charge < -0.3 is 4.90 Å². The average Bonchev–Trinajstić information content (AvgIpc) is 2.48. The summed E-state index contributed by atoms with van der Waals surface area (Å²) in [6.45, 7) is 10.8. The molecule has 0 N–H and O–H groups in total. The van der Waals surface area contributed by atoms with E-state index in [-0.39, 0.29) is 0 Å². The fourth-order valence-electron chi connectivity index (χ4n) is 3.47. The topological polar surface area (TPSA) is 3.24 Å². The number of piperidine rings is 1. The van der Waals surface area contributed by atoms with E-state index >= 15 is 0 Å². The molecule has 0 saturated carbocycles. The van der Waals surface area contributed by atoms with Gasteiger partial charge in [-0.2, -0.15) is 0 Å². The van der Waals surface area contributed by atoms with Crippen LogP contribution in [0.3, 0.4) is 0 Å². The van der Waals surface area contributed by atoms with Crippen molar-refractivity contribution in [2.75, 3.05) is 19.6 Å². The molecule has 0 radical (unpaired) electrons. The molecule has 1 heterocycles. The van der Waals surface area contributed by atoms with Gasteiger partial charge >= 0.3 is 0 Å². The minimum Gasteiger partial charge on any atom is -0.303 e. The number of halogens is 1. The Labute approximate surface area is 135 Å². The molecule has 1 unspecified atom stereocenters. The standard InChI is InChI=1S/C19H30ClN/c1-15(2)19-12-17(13-20)7-8-18(19)11-16(3)14-21-9-5-4-6-10-21/h7-8,12,15-16H,4-6,9-11,13-14H2,1-3H3. The first kappa shape index (κ1) is 16.8. The molecule has 0 aliphatic carbocycles. The number of benzene rings is 1. The van der Waals surface area contributed by atoms with E-state index in [0.29, 0.717) is 11.8 Å². The van der Waals surface area contributed by atoms with E-state index in [1.807, 2.05) is 0 Å². The van der Waals surface area contributed by atoms with Crippen LogP contribution in [0.2, 0.25) is 0 Å². The van der Waals surface area contributed by atoms with Crippen molar-refractivity contribution >= 4 is 11.6 Å². The highest BCUT2D eigenvalue weighted by Gasteiger charge is 2.16. The summed E-state index contributed by atoms with van der Waals surface area (Å²) in [4.78, 5) is 2.65. The van der Waals surface area contributed by atoms with Gasteiger partial charge in [0.25, 0.3) is 0 Å². The van der Waals surface area contributed by atoms with Crippen LogP contribution in [-0.2, 0) is 12.3 Å². The summed E-state index contributed by atoms with van der Waals surface area (Å²) in [5.74, 6) is 1.91. The van der Waals surface area contributed by atoms with Gasteiger partial charge in [0.05, 0.1) is 0 Å². The van der Waals surface area contributed by atoms with Crippen LogP contribution < -0.4 is 0 Å². The molecule has 2 heteroatoms. The monoisotopic (exact) mass is 307 g/mol. The van der Waals surface area contributed by atoms with Crippen molar-refractivity contribution in [3.05, 3.63) is 34.9 Å². The van der Waals surface area contributed by atoms with Gasteiger partial charge in [0.1, 0.15) is 0 Å². The average molecular weight is 308 g/mol. The Balaban J connectivity index is 2.00. The lowest BCUT2D eigenvalue weighted by Crippen LogP contribution is -2.34. The molecule has 0 aromatic heterocycles. The van der Waals surface area contributed by atoms with Crippen molar-refractivity contribution < 1.29 is 0 Å². The molecular weight excluding hydrogens is 278 g/mol. The molecule has 0 amide bonds. The predicted molar refractivity (Wildman–Crippen MR) is 93.2 cm³/mol. The third-order valence-electron chi connectivity index (χ3n) is 4.57. The highest BCUT2D eigenvalue weighted by atomic mass is 35.5. The van der Waals surface area contributed by atoms with Crippen molar-refractivity contribution in [1.29, 1.82) is 0 Å². The van der Waals surface area contributed by atoms with Gasteiger partial charge in [-0.3, -0.25) is 0 Å². The van der Waals surface area contributed by atoms with E-state index in [2.05, 4.69) is 43.9 Å². The number of hydrogen-bond donors (Lipinski definition) is 0. The Hall–Kier alpha value is -0.530. The zero-order chi connectivity index (χ0) is 15.2. The Morgan fingerprint density at radius 3 is 2.43 bits per heavy atom. The molecule has 0 spiro atoms. The lowest BCUT2D eigenvalue weighted by Gasteiger charge is -2.29. The van der Waals surface area contributed by atoms with E-state index in [9.17, 15) is 0 Å². The molecule has 2 rings (SSSR count). The number of hydrogen-bond acceptors (Lipinski definition) is 1. The molecule has 1 atom stereocenters. The molecule has 21 heavy (non-hydrogen) atoms. The van der Waals surface area contributed by atoms with Gasteiger partial charge in [-0.05, 0) is 60.9 Å². The summed E-state index contributed by atoms with van der Waals surface area (Å²) in [5.41, 5.74) is 4.25. The second kappa shape index (κ2) is 8.19. The Morgan fingerprint density at radius 1 is 1.10 bits per heavy atom. The van der Waals surface area contributed by atoms with E-state index in [4.69, 9.17) is 11.6 Å². The van der Waals surface area contributed by atoms with E-state index in [0.717, 1.165) is 5.92 Å². The zero-order valence-corrected chi connectivity index (χ0v) is 14.6. The van der Waals surface area contributed by atoms with Gasteiger partial charge in [0.15, 0.2) is 0 Å². The summed E-state index contributed by atoms with van der Waals surface area (Å²) >= 11 is 5.98. The SMILES string of the molecule is CC(Cc1ccc(CCl)cc1C(C)C)CN1CCCCC1. The summed E-state index contributed by atoms with van der Waals surface area (Å²) < 4.78 is 0. The maximum absolute atomic E-state index is 5.98. The maximum Gasteiger partial charge on any atom is 0.0474 e. The van der Waals surface area contributed by atoms with Gasteiger partial charge in [-0.1, -0.05) is 45.4 Å². The molecule has 1 aromatic rings. The van der Waals surface area contributed by atoms with Crippen LogP contribution in [0.5, 0.6) is 0 Å². The number of rotatable bonds is 6. The lowest BCUT2D eigenvalue weighted by molar-refractivity contribution is 0.200. The van der Waals surface area contributed by atoms with Crippen LogP contribution in [0.1, 0.15) is 62.6 Å². The van der Waals surface area contributed by atoms with Crippen LogP contribution in [0.15, 0.2) is 18.2 Å². The number of nitrogens with zero attached hydrogens (tertiary/aromatic N) is 1. The second-order valence-corrected chi connectivity index (χ2v) is 7.26. The molecular formula is C19H30ClN. The molecule has 1 aromatic carbocycles. The van der Waals surface area contributed by atoms with E-state index in [1.165, 1.54) is 62.0 Å². The maximum atomic E-state index is 5.98. The van der Waals surface area contributed by atoms with Crippen LogP contribution in [0.4, 0.5) is 0 Å². The first-order chi connectivity index (χ1) is 10.1. The molecule has 1 nitrogen and oxygen atoms in total. The fourth-order valence-corrected chi connectivity index (χ4v) is 3.64. The third-order valence-corrected chi connectivity index (χ3v) is 4.88. The molecule has 1 aliphatic rings. The minimum atomic E-state index is 0.574. The first-order valence-corrected chi connectivity index (χ1v) is 9.03. The lowest BCUT2D eigenvalue weighted by atomic mass is 9.89. The van der Waals surface area contributed by atoms with Crippen LogP contribution in [0.25, 0.3) is 0 Å². The van der Waals surface area contributed by atoms with Crippen molar-refractivity contribution in [2.24, 2.45) is 5.92 Å². The largest absolute Gasteiger partial charge is 0.303 e. The summed E-state index contributed by atoms with van der Waals surface area (Å²) in [7, 11) is 0. The van der Waals surface area contributed by atoms with E-state index in [1.54, 1.807) is 0 Å². The van der Waals surface area contributed by atoms with Crippen molar-refractivity contribution in [3.8, 4) is 0 Å². The van der Waals surface area contributed by atoms with Crippen LogP contribution in [0, 0.1) is 5.92 Å². The molecule has 0 bridgehead atoms. The molecule has 1 aliphatic heterocycles.